The van der Waals surface area contributed by atoms with E-state index < -0.39 is 0 Å². The van der Waals surface area contributed by atoms with Gasteiger partial charge in [0.25, 0.3) is 0 Å². The summed E-state index contributed by atoms with van der Waals surface area (Å²) in [6, 6.07) is 19.1. The SMILES string of the molecule is c1ccc(CCc2ncc3c(n2)-c2ccccc2CC3)cc1. The molecule has 108 valence electrons. The molecule has 0 unspecified atom stereocenters. The highest BCUT2D eigenvalue weighted by molar-refractivity contribution is 5.69. The van der Waals surface area contributed by atoms with Crippen LogP contribution in [0.4, 0.5) is 0 Å². The predicted octanol–water partition coefficient (Wildman–Crippen LogP) is 4.03. The Morgan fingerprint density at radius 2 is 1.55 bits per heavy atom. The molecule has 22 heavy (non-hydrogen) atoms. The van der Waals surface area contributed by atoms with Crippen LogP contribution in [0.25, 0.3) is 11.3 Å². The molecular weight excluding hydrogens is 268 g/mol. The fraction of sp³-hybridized carbons (Fsp3) is 0.200. The van der Waals surface area contributed by atoms with Gasteiger partial charge in [-0.25, -0.2) is 9.97 Å². The average molecular weight is 286 g/mol. The zero-order valence-electron chi connectivity index (χ0n) is 12.5. The van der Waals surface area contributed by atoms with Gasteiger partial charge >= 0.3 is 0 Å². The number of benzene rings is 2. The van der Waals surface area contributed by atoms with E-state index in [9.17, 15) is 0 Å². The molecule has 0 N–H and O–H groups in total. The standard InChI is InChI=1S/C20H18N2/c1-2-6-15(7-3-1)10-13-19-21-14-17-12-11-16-8-4-5-9-18(16)20(17)22-19/h1-9,14H,10-13H2. The Morgan fingerprint density at radius 1 is 0.773 bits per heavy atom. The molecule has 2 aromatic carbocycles. The molecule has 4 rings (SSSR count). The number of nitrogens with zero attached hydrogens (tertiary/aromatic N) is 2. The molecule has 0 atom stereocenters. The van der Waals surface area contributed by atoms with Gasteiger partial charge in [0.1, 0.15) is 5.82 Å². The van der Waals surface area contributed by atoms with Gasteiger partial charge in [0.05, 0.1) is 5.69 Å². The second-order valence-corrected chi connectivity index (χ2v) is 5.80. The van der Waals surface area contributed by atoms with E-state index in [4.69, 9.17) is 4.98 Å². The first-order valence-corrected chi connectivity index (χ1v) is 7.87. The summed E-state index contributed by atoms with van der Waals surface area (Å²) in [5.74, 6) is 0.944. The fourth-order valence-electron chi connectivity index (χ4n) is 3.12. The minimum atomic E-state index is 0.888. The largest absolute Gasteiger partial charge is 0.241 e. The van der Waals surface area contributed by atoms with Crippen molar-refractivity contribution in [3.8, 4) is 11.3 Å². The molecule has 2 heteroatoms. The molecule has 0 spiro atoms. The molecule has 2 nitrogen and oxygen atoms in total. The van der Waals surface area contributed by atoms with Crippen molar-refractivity contribution in [2.45, 2.75) is 25.7 Å². The van der Waals surface area contributed by atoms with Crippen LogP contribution in [0.15, 0.2) is 60.8 Å². The van der Waals surface area contributed by atoms with Crippen molar-refractivity contribution in [2.24, 2.45) is 0 Å². The third kappa shape index (κ3) is 2.52. The Balaban J connectivity index is 1.62. The van der Waals surface area contributed by atoms with Crippen LogP contribution in [-0.4, -0.2) is 9.97 Å². The molecule has 1 aliphatic rings. The van der Waals surface area contributed by atoms with Gasteiger partial charge in [-0.2, -0.15) is 0 Å². The molecule has 0 fully saturated rings. The maximum absolute atomic E-state index is 4.86. The highest BCUT2D eigenvalue weighted by atomic mass is 14.9. The lowest BCUT2D eigenvalue weighted by Gasteiger charge is -2.18. The van der Waals surface area contributed by atoms with Crippen LogP contribution in [0, 0.1) is 0 Å². The maximum atomic E-state index is 4.86. The van der Waals surface area contributed by atoms with E-state index in [0.717, 1.165) is 37.2 Å². The highest BCUT2D eigenvalue weighted by Crippen LogP contribution is 2.31. The van der Waals surface area contributed by atoms with Crippen LogP contribution >= 0.6 is 0 Å². The van der Waals surface area contributed by atoms with Crippen molar-refractivity contribution in [3.05, 3.63) is 83.3 Å². The van der Waals surface area contributed by atoms with E-state index in [0.29, 0.717) is 0 Å². The second kappa shape index (κ2) is 5.72. The number of fused-ring (bicyclic) bond motifs is 3. The van der Waals surface area contributed by atoms with Gasteiger partial charge < -0.3 is 0 Å². The Labute approximate surface area is 130 Å². The summed E-state index contributed by atoms with van der Waals surface area (Å²) in [7, 11) is 0. The predicted molar refractivity (Wildman–Crippen MR) is 88.7 cm³/mol. The first-order chi connectivity index (χ1) is 10.9. The number of aromatic nitrogens is 2. The Hall–Kier alpha value is -2.48. The fourth-order valence-corrected chi connectivity index (χ4v) is 3.12. The van der Waals surface area contributed by atoms with Gasteiger partial charge in [0, 0.05) is 18.2 Å². The van der Waals surface area contributed by atoms with Gasteiger partial charge in [0.15, 0.2) is 0 Å². The van der Waals surface area contributed by atoms with Gasteiger partial charge in [-0.05, 0) is 36.0 Å². The van der Waals surface area contributed by atoms with E-state index in [1.807, 2.05) is 6.20 Å². The normalized spacial score (nSPS) is 12.5. The Kier molecular flexibility index (Phi) is 3.43. The number of rotatable bonds is 3. The molecule has 1 aliphatic carbocycles. The zero-order chi connectivity index (χ0) is 14.8. The number of aryl methyl sites for hydroxylation is 4. The van der Waals surface area contributed by atoms with Crippen molar-refractivity contribution in [1.82, 2.24) is 9.97 Å². The number of hydrogen-bond donors (Lipinski definition) is 0. The molecule has 0 radical (unpaired) electrons. The third-order valence-electron chi connectivity index (χ3n) is 4.33. The molecular formula is C20H18N2. The van der Waals surface area contributed by atoms with Crippen LogP contribution in [0.1, 0.15) is 22.5 Å². The second-order valence-electron chi connectivity index (χ2n) is 5.80. The third-order valence-corrected chi connectivity index (χ3v) is 4.33. The van der Waals surface area contributed by atoms with Crippen LogP contribution in [-0.2, 0) is 25.7 Å². The van der Waals surface area contributed by atoms with Crippen molar-refractivity contribution in [1.29, 1.82) is 0 Å². The van der Waals surface area contributed by atoms with E-state index in [-0.39, 0.29) is 0 Å². The molecule has 0 bridgehead atoms. The Morgan fingerprint density at radius 3 is 2.45 bits per heavy atom. The summed E-state index contributed by atoms with van der Waals surface area (Å²) in [6.07, 6.45) is 6.04. The molecule has 3 aromatic rings. The summed E-state index contributed by atoms with van der Waals surface area (Å²) in [5.41, 5.74) is 6.45. The smallest absolute Gasteiger partial charge is 0.129 e. The summed E-state index contributed by atoms with van der Waals surface area (Å²) in [5, 5.41) is 0. The van der Waals surface area contributed by atoms with Crippen molar-refractivity contribution < 1.29 is 0 Å². The van der Waals surface area contributed by atoms with Gasteiger partial charge in [-0.3, -0.25) is 0 Å². The summed E-state index contributed by atoms with van der Waals surface area (Å²) < 4.78 is 0. The monoisotopic (exact) mass is 286 g/mol. The van der Waals surface area contributed by atoms with Crippen LogP contribution < -0.4 is 0 Å². The lowest BCUT2D eigenvalue weighted by atomic mass is 9.90. The van der Waals surface area contributed by atoms with E-state index in [2.05, 4.69) is 59.6 Å². The van der Waals surface area contributed by atoms with E-state index >= 15 is 0 Å². The van der Waals surface area contributed by atoms with E-state index in [1.54, 1.807) is 0 Å². The minimum Gasteiger partial charge on any atom is -0.241 e. The van der Waals surface area contributed by atoms with Gasteiger partial charge in [0.2, 0.25) is 0 Å². The maximum Gasteiger partial charge on any atom is 0.129 e. The minimum absolute atomic E-state index is 0.888. The van der Waals surface area contributed by atoms with Crippen LogP contribution in [0.3, 0.4) is 0 Å². The zero-order valence-corrected chi connectivity index (χ0v) is 12.5. The first-order valence-electron chi connectivity index (χ1n) is 7.87. The first kappa shape index (κ1) is 13.2. The molecule has 0 saturated carbocycles. The summed E-state index contributed by atoms with van der Waals surface area (Å²) in [4.78, 5) is 9.43. The van der Waals surface area contributed by atoms with E-state index in [1.165, 1.54) is 22.3 Å². The van der Waals surface area contributed by atoms with Crippen molar-refractivity contribution in [3.63, 3.8) is 0 Å². The average Bonchev–Trinajstić information content (AvgIpc) is 2.60. The summed E-state index contributed by atoms with van der Waals surface area (Å²) >= 11 is 0. The van der Waals surface area contributed by atoms with Crippen molar-refractivity contribution >= 4 is 0 Å². The number of hydrogen-bond acceptors (Lipinski definition) is 2. The molecule has 0 amide bonds. The quantitative estimate of drug-likeness (QED) is 0.726. The van der Waals surface area contributed by atoms with Gasteiger partial charge in [-0.15, -0.1) is 0 Å². The molecule has 0 saturated heterocycles. The van der Waals surface area contributed by atoms with Crippen LogP contribution in [0.2, 0.25) is 0 Å². The molecule has 1 heterocycles. The highest BCUT2D eigenvalue weighted by Gasteiger charge is 2.17. The lowest BCUT2D eigenvalue weighted by Crippen LogP contribution is -2.09. The van der Waals surface area contributed by atoms with Crippen molar-refractivity contribution in [2.75, 3.05) is 0 Å². The molecule has 0 aliphatic heterocycles. The van der Waals surface area contributed by atoms with Crippen LogP contribution in [0.5, 0.6) is 0 Å². The molecule has 1 aromatic heterocycles. The summed E-state index contributed by atoms with van der Waals surface area (Å²) in [6.45, 7) is 0. The van der Waals surface area contributed by atoms with Gasteiger partial charge in [-0.1, -0.05) is 54.6 Å². The Bertz CT molecular complexity index is 794. The lowest BCUT2D eigenvalue weighted by molar-refractivity contribution is 0.831. The topological polar surface area (TPSA) is 25.8 Å².